The highest BCUT2D eigenvalue weighted by Gasteiger charge is 2.26. The van der Waals surface area contributed by atoms with Gasteiger partial charge >= 0.3 is 5.69 Å². The molecule has 1 aromatic rings. The van der Waals surface area contributed by atoms with Crippen molar-refractivity contribution >= 4 is 13.1 Å². The Bertz CT molecular complexity index is 579. The molecule has 0 aromatic heterocycles. The van der Waals surface area contributed by atoms with Gasteiger partial charge in [-0.3, -0.25) is 10.1 Å². The largest absolute Gasteiger partial charge is 0.798 e. The first-order valence-electron chi connectivity index (χ1n) is 5.88. The van der Waals surface area contributed by atoms with Gasteiger partial charge < -0.3 is 30.8 Å². The first-order chi connectivity index (χ1) is 9.74. The van der Waals surface area contributed by atoms with Crippen LogP contribution in [0.2, 0.25) is 0 Å². The SMILES string of the molecule is COc1cc(C(N)P(=O)([O-])CC[CH]N)cc([N+](=O)[O-])c1O. The van der Waals surface area contributed by atoms with E-state index in [1.54, 1.807) is 0 Å². The van der Waals surface area contributed by atoms with Crippen LogP contribution in [0, 0.1) is 16.7 Å². The molecule has 117 valence electrons. The summed E-state index contributed by atoms with van der Waals surface area (Å²) in [6.07, 6.45) is -0.145. The zero-order chi connectivity index (χ0) is 16.2. The number of ether oxygens (including phenoxy) is 1. The standard InChI is InChI=1S/C11H17N3O6P/c1-20-9-6-7(5-8(10(9)15)14(16)17)11(13)21(18,19)4-2-3-12/h3,5-6,11,15H,2,4,12-13H2,1H3,(H,18,19)/p-1. The molecule has 0 aliphatic heterocycles. The number of nitro benzene ring substituents is 1. The van der Waals surface area contributed by atoms with Crippen molar-refractivity contribution in [3.8, 4) is 11.5 Å². The number of hydrogen-bond acceptors (Lipinski definition) is 8. The maximum Gasteiger partial charge on any atom is 0.315 e. The fourth-order valence-corrected chi connectivity index (χ4v) is 3.09. The average Bonchev–Trinajstić information content (AvgIpc) is 2.44. The third-order valence-corrected chi connectivity index (χ3v) is 4.89. The second kappa shape index (κ2) is 6.86. The monoisotopic (exact) mass is 317 g/mol. The van der Waals surface area contributed by atoms with Crippen molar-refractivity contribution in [1.82, 2.24) is 0 Å². The van der Waals surface area contributed by atoms with Gasteiger partial charge in [-0.15, -0.1) is 0 Å². The van der Waals surface area contributed by atoms with E-state index in [2.05, 4.69) is 0 Å². The van der Waals surface area contributed by atoms with E-state index in [-0.39, 0.29) is 23.9 Å². The summed E-state index contributed by atoms with van der Waals surface area (Å²) in [5, 5.41) is 20.5. The van der Waals surface area contributed by atoms with E-state index in [1.165, 1.54) is 13.7 Å². The topological polar surface area (TPSA) is 165 Å². The number of nitro groups is 1. The summed E-state index contributed by atoms with van der Waals surface area (Å²) in [6.45, 7) is 1.19. The van der Waals surface area contributed by atoms with Crippen molar-refractivity contribution in [1.29, 1.82) is 0 Å². The molecule has 2 atom stereocenters. The summed E-state index contributed by atoms with van der Waals surface area (Å²) >= 11 is 0. The summed E-state index contributed by atoms with van der Waals surface area (Å²) in [7, 11) is -2.87. The predicted molar refractivity (Wildman–Crippen MR) is 73.8 cm³/mol. The zero-order valence-corrected chi connectivity index (χ0v) is 12.2. The minimum Gasteiger partial charge on any atom is -0.798 e. The third-order valence-electron chi connectivity index (χ3n) is 2.87. The van der Waals surface area contributed by atoms with Gasteiger partial charge in [-0.25, -0.2) is 0 Å². The van der Waals surface area contributed by atoms with Crippen LogP contribution in [0.5, 0.6) is 11.5 Å². The number of benzene rings is 1. The Kier molecular flexibility index (Phi) is 5.68. The van der Waals surface area contributed by atoms with Crippen LogP contribution in [-0.4, -0.2) is 23.3 Å². The first kappa shape index (κ1) is 17.4. The fourth-order valence-electron chi connectivity index (χ4n) is 1.70. The minimum atomic E-state index is -4.06. The summed E-state index contributed by atoms with van der Waals surface area (Å²) < 4.78 is 16.8. The van der Waals surface area contributed by atoms with Crippen molar-refractivity contribution in [2.45, 2.75) is 12.2 Å². The van der Waals surface area contributed by atoms with E-state index in [0.717, 1.165) is 12.1 Å². The van der Waals surface area contributed by atoms with E-state index < -0.39 is 29.5 Å². The number of hydrogen-bond donors (Lipinski definition) is 3. The van der Waals surface area contributed by atoms with Crippen LogP contribution in [0.15, 0.2) is 12.1 Å². The number of phenolic OH excluding ortho intramolecular Hbond substituents is 1. The molecule has 2 unspecified atom stereocenters. The molecule has 0 aliphatic carbocycles. The summed E-state index contributed by atoms with van der Waals surface area (Å²) in [5.41, 5.74) is 10.1. The number of methoxy groups -OCH3 is 1. The maximum absolute atomic E-state index is 12.0. The Hall–Kier alpha value is -1.67. The van der Waals surface area contributed by atoms with E-state index >= 15 is 0 Å². The molecule has 21 heavy (non-hydrogen) atoms. The second-order valence-electron chi connectivity index (χ2n) is 4.27. The Balaban J connectivity index is 3.27. The third kappa shape index (κ3) is 3.92. The second-order valence-corrected chi connectivity index (χ2v) is 6.72. The highest BCUT2D eigenvalue weighted by atomic mass is 31.2. The van der Waals surface area contributed by atoms with Crippen LogP contribution in [0.3, 0.4) is 0 Å². The molecule has 1 radical (unpaired) electrons. The molecule has 0 saturated carbocycles. The molecule has 0 heterocycles. The summed E-state index contributed by atoms with van der Waals surface area (Å²) in [4.78, 5) is 22.0. The number of phenols is 1. The van der Waals surface area contributed by atoms with Crippen LogP contribution < -0.4 is 21.1 Å². The molecule has 1 rings (SSSR count). The van der Waals surface area contributed by atoms with Crippen molar-refractivity contribution in [3.63, 3.8) is 0 Å². The Morgan fingerprint density at radius 3 is 2.67 bits per heavy atom. The normalized spacial score (nSPS) is 15.2. The van der Waals surface area contributed by atoms with Crippen LogP contribution in [0.4, 0.5) is 5.69 Å². The quantitative estimate of drug-likeness (QED) is 0.369. The Labute approximate surface area is 121 Å². The van der Waals surface area contributed by atoms with Crippen molar-refractivity contribution in [2.75, 3.05) is 13.3 Å². The molecule has 0 bridgehead atoms. The number of nitrogens with two attached hydrogens (primary N) is 2. The van der Waals surface area contributed by atoms with Gasteiger partial charge in [0.05, 0.1) is 17.8 Å². The van der Waals surface area contributed by atoms with E-state index in [4.69, 9.17) is 16.2 Å². The van der Waals surface area contributed by atoms with Crippen LogP contribution >= 0.6 is 7.37 Å². The first-order valence-corrected chi connectivity index (χ1v) is 7.76. The van der Waals surface area contributed by atoms with Crippen molar-refractivity contribution in [3.05, 3.63) is 34.4 Å². The highest BCUT2D eigenvalue weighted by Crippen LogP contribution is 2.51. The molecule has 9 nitrogen and oxygen atoms in total. The molecule has 10 heteroatoms. The van der Waals surface area contributed by atoms with Gasteiger partial charge in [-0.2, -0.15) is 0 Å². The van der Waals surface area contributed by atoms with Gasteiger partial charge in [-0.05, 0) is 24.2 Å². The van der Waals surface area contributed by atoms with E-state index in [9.17, 15) is 24.7 Å². The molecule has 0 saturated heterocycles. The molecule has 0 aliphatic rings. The van der Waals surface area contributed by atoms with Gasteiger partial charge in [0.1, 0.15) is 0 Å². The van der Waals surface area contributed by atoms with Gasteiger partial charge in [0.15, 0.2) is 5.75 Å². The van der Waals surface area contributed by atoms with Gasteiger partial charge in [0, 0.05) is 20.0 Å². The van der Waals surface area contributed by atoms with Crippen LogP contribution in [-0.2, 0) is 4.57 Å². The van der Waals surface area contributed by atoms with Gasteiger partial charge in [0.2, 0.25) is 5.75 Å². The lowest BCUT2D eigenvalue weighted by molar-refractivity contribution is -0.386. The number of nitrogens with zero attached hydrogens (tertiary/aromatic N) is 1. The Morgan fingerprint density at radius 1 is 1.57 bits per heavy atom. The van der Waals surface area contributed by atoms with Gasteiger partial charge in [0.25, 0.3) is 0 Å². The minimum absolute atomic E-state index is 0.0355. The van der Waals surface area contributed by atoms with E-state index in [0.29, 0.717) is 0 Å². The highest BCUT2D eigenvalue weighted by molar-refractivity contribution is 7.56. The smallest absolute Gasteiger partial charge is 0.315 e. The lowest BCUT2D eigenvalue weighted by Crippen LogP contribution is -2.21. The summed E-state index contributed by atoms with van der Waals surface area (Å²) in [5.74, 6) is -2.36. The predicted octanol–water partition coefficient (Wildman–Crippen LogP) is 0.415. The molecule has 1 aromatic carbocycles. The van der Waals surface area contributed by atoms with Gasteiger partial charge in [-0.1, -0.05) is 0 Å². The molecule has 0 amide bonds. The van der Waals surface area contributed by atoms with Crippen molar-refractivity contribution < 1.29 is 24.2 Å². The summed E-state index contributed by atoms with van der Waals surface area (Å²) in [6, 6.07) is 2.07. The lowest BCUT2D eigenvalue weighted by atomic mass is 10.1. The molecular weight excluding hydrogens is 301 g/mol. The van der Waals surface area contributed by atoms with Crippen LogP contribution in [0.25, 0.3) is 0 Å². The van der Waals surface area contributed by atoms with Crippen LogP contribution in [0.1, 0.15) is 17.8 Å². The van der Waals surface area contributed by atoms with E-state index in [1.807, 2.05) is 0 Å². The average molecular weight is 317 g/mol. The number of aromatic hydroxyl groups is 1. The molecule has 5 N–H and O–H groups in total. The zero-order valence-electron chi connectivity index (χ0n) is 11.3. The molecule has 0 spiro atoms. The number of rotatable bonds is 7. The molecule has 0 fully saturated rings. The Morgan fingerprint density at radius 2 is 2.19 bits per heavy atom. The molecular formula is C11H16N3O6P-. The fraction of sp³-hybridized carbons (Fsp3) is 0.364. The van der Waals surface area contributed by atoms with Crippen molar-refractivity contribution in [2.24, 2.45) is 11.5 Å². The maximum atomic E-state index is 12.0. The lowest BCUT2D eigenvalue weighted by Gasteiger charge is -2.30.